The number of rotatable bonds is 0. The second-order valence-corrected chi connectivity index (χ2v) is 15.1. The van der Waals surface area contributed by atoms with Gasteiger partial charge in [0.05, 0.1) is 0 Å². The topological polar surface area (TPSA) is 0 Å². The fraction of sp³-hybridized carbons (Fsp3) is 0. The van der Waals surface area contributed by atoms with Gasteiger partial charge in [-0.05, 0) is 0 Å². The van der Waals surface area contributed by atoms with E-state index in [4.69, 9.17) is 25.5 Å². The molecule has 33 valence electrons. The average molecular weight is 370 g/mol. The van der Waals surface area contributed by atoms with Crippen molar-refractivity contribution in [1.29, 1.82) is 0 Å². The molecule has 0 heterocycles. The summed E-state index contributed by atoms with van der Waals surface area (Å²) in [6.07, 6.45) is 0. The molecule has 0 rings (SSSR count). The van der Waals surface area contributed by atoms with Crippen LogP contribution < -0.4 is 0 Å². The van der Waals surface area contributed by atoms with E-state index in [-0.39, 0.29) is 17.1 Å². The molecule has 5 heteroatoms. The molecule has 0 unspecified atom stereocenters. The molecule has 0 aromatic carbocycles. The maximum absolute atomic E-state index is 5.01. The fourth-order valence-corrected chi connectivity index (χ4v) is 0. The minimum absolute atomic E-state index is 0. The molecule has 0 saturated carbocycles. The zero-order chi connectivity index (χ0) is 3.58. The third kappa shape index (κ3) is 22.2. The van der Waals surface area contributed by atoms with E-state index >= 15 is 0 Å². The van der Waals surface area contributed by atoms with Crippen LogP contribution in [-0.4, -0.2) is 18.2 Å². The SMILES string of the molecule is [Cl][Bi]([Cl])[Cl].[Mn]. The van der Waals surface area contributed by atoms with Crippen molar-refractivity contribution in [3.8, 4) is 0 Å². The van der Waals surface area contributed by atoms with Crippen LogP contribution in [-0.2, 0) is 17.1 Å². The van der Waals surface area contributed by atoms with Crippen LogP contribution in [0.5, 0.6) is 0 Å². The molecule has 1 radical (unpaired) electrons. The Bertz CT molecular complexity index is 11.6. The van der Waals surface area contributed by atoms with E-state index in [1.807, 2.05) is 0 Å². The van der Waals surface area contributed by atoms with Gasteiger partial charge in [0.25, 0.3) is 0 Å². The third-order valence-electron chi connectivity index (χ3n) is 0. The molecule has 0 saturated heterocycles. The minimum Gasteiger partial charge on any atom is 0 e. The summed E-state index contributed by atoms with van der Waals surface area (Å²) < 4.78 is 0. The van der Waals surface area contributed by atoms with Gasteiger partial charge in [-0.25, -0.2) is 0 Å². The van der Waals surface area contributed by atoms with Crippen LogP contribution in [0, 0.1) is 0 Å². The Morgan fingerprint density at radius 2 is 1.00 bits per heavy atom. The van der Waals surface area contributed by atoms with Crippen LogP contribution >= 0.6 is 25.5 Å². The molecule has 0 aliphatic rings. The molecular weight excluding hydrogens is 370 g/mol. The first-order valence-electron chi connectivity index (χ1n) is 0.507. The van der Waals surface area contributed by atoms with Crippen molar-refractivity contribution in [2.24, 2.45) is 0 Å². The average Bonchev–Trinajstić information content (AvgIpc) is 0.811. The molecule has 0 spiro atoms. The summed E-state index contributed by atoms with van der Waals surface area (Å²) in [6.45, 7) is 0. The summed E-state index contributed by atoms with van der Waals surface area (Å²) in [5, 5.41) is 0. The maximum Gasteiger partial charge on any atom is 0 e. The molecule has 0 fully saturated rings. The van der Waals surface area contributed by atoms with Gasteiger partial charge in [-0.3, -0.25) is 0 Å². The zero-order valence-corrected chi connectivity index (χ0v) is 8.88. The summed E-state index contributed by atoms with van der Waals surface area (Å²) in [4.78, 5) is 0. The van der Waals surface area contributed by atoms with E-state index in [0.717, 1.165) is 0 Å². The molecule has 0 amide bonds. The molecule has 0 aliphatic carbocycles. The van der Waals surface area contributed by atoms with Crippen LogP contribution in [0.3, 0.4) is 0 Å². The molecular formula is BiCl3Mn. The maximum atomic E-state index is 5.01. The Kier molecular flexibility index (Phi) is 12.9. The normalized spacial score (nSPS) is 7.20. The van der Waals surface area contributed by atoms with Gasteiger partial charge in [0.2, 0.25) is 0 Å². The Hall–Kier alpha value is 2.27. The predicted molar refractivity (Wildman–Crippen MR) is 23.3 cm³/mol. The van der Waals surface area contributed by atoms with Gasteiger partial charge in [-0.2, -0.15) is 0 Å². The first kappa shape index (κ1) is 10.3. The summed E-state index contributed by atoms with van der Waals surface area (Å²) in [5.41, 5.74) is 0. The van der Waals surface area contributed by atoms with E-state index in [9.17, 15) is 0 Å². The first-order valence-corrected chi connectivity index (χ1v) is 13.3. The van der Waals surface area contributed by atoms with Crippen LogP contribution in [0.2, 0.25) is 0 Å². The summed E-state index contributed by atoms with van der Waals surface area (Å²) in [6, 6.07) is 0. The van der Waals surface area contributed by atoms with Crippen LogP contribution in [0.25, 0.3) is 0 Å². The number of hydrogen-bond acceptors (Lipinski definition) is 0. The molecule has 0 aromatic heterocycles. The van der Waals surface area contributed by atoms with Gasteiger partial charge in [0.1, 0.15) is 0 Å². The summed E-state index contributed by atoms with van der Waals surface area (Å²) in [5.74, 6) is 0. The quantitative estimate of drug-likeness (QED) is 0.570. The van der Waals surface area contributed by atoms with E-state index < -0.39 is 18.2 Å². The van der Waals surface area contributed by atoms with Gasteiger partial charge in [-0.15, -0.1) is 0 Å². The van der Waals surface area contributed by atoms with Crippen LogP contribution in [0.15, 0.2) is 0 Å². The zero-order valence-electron chi connectivity index (χ0n) is 1.96. The monoisotopic (exact) mass is 369 g/mol. The van der Waals surface area contributed by atoms with Crippen molar-refractivity contribution in [2.45, 2.75) is 0 Å². The van der Waals surface area contributed by atoms with Crippen LogP contribution in [0.1, 0.15) is 0 Å². The van der Waals surface area contributed by atoms with Crippen molar-refractivity contribution >= 4 is 43.7 Å². The standard InChI is InChI=1S/Bi.3ClH.Mn/h;3*1H;/q+3;;;;/p-3. The molecule has 0 aromatic rings. The fourth-order valence-electron chi connectivity index (χ4n) is 0. The first-order chi connectivity index (χ1) is 1.73. The second-order valence-electron chi connectivity index (χ2n) is 0.192. The third-order valence-corrected chi connectivity index (χ3v) is 0. The van der Waals surface area contributed by atoms with E-state index in [0.29, 0.717) is 0 Å². The number of hydrogen-bond donors (Lipinski definition) is 0. The summed E-state index contributed by atoms with van der Waals surface area (Å²) in [7, 11) is 15.0. The van der Waals surface area contributed by atoms with Crippen LogP contribution in [0.4, 0.5) is 0 Å². The van der Waals surface area contributed by atoms with Gasteiger partial charge < -0.3 is 0 Å². The van der Waals surface area contributed by atoms with Crippen molar-refractivity contribution in [3.63, 3.8) is 0 Å². The Balaban J connectivity index is 0. The van der Waals surface area contributed by atoms with Gasteiger partial charge in [-0.1, -0.05) is 0 Å². The van der Waals surface area contributed by atoms with Gasteiger partial charge in [0.15, 0.2) is 0 Å². The van der Waals surface area contributed by atoms with Crippen molar-refractivity contribution in [1.82, 2.24) is 0 Å². The molecule has 0 bridgehead atoms. The minimum atomic E-state index is -2.18. The summed E-state index contributed by atoms with van der Waals surface area (Å²) >= 11 is -2.18. The largest absolute Gasteiger partial charge is 0 e. The molecule has 0 N–H and O–H groups in total. The van der Waals surface area contributed by atoms with Gasteiger partial charge >= 0.3 is 43.7 Å². The number of halogens is 3. The smallest absolute Gasteiger partial charge is 0 e. The second kappa shape index (κ2) is 6.27. The van der Waals surface area contributed by atoms with Crippen molar-refractivity contribution in [2.75, 3.05) is 0 Å². The van der Waals surface area contributed by atoms with Crippen molar-refractivity contribution < 1.29 is 17.1 Å². The Morgan fingerprint density at radius 3 is 1.00 bits per heavy atom. The molecule has 5 heavy (non-hydrogen) atoms. The van der Waals surface area contributed by atoms with Crippen molar-refractivity contribution in [3.05, 3.63) is 0 Å². The van der Waals surface area contributed by atoms with E-state index in [1.165, 1.54) is 0 Å². The Labute approximate surface area is 60.0 Å². The van der Waals surface area contributed by atoms with Gasteiger partial charge in [0, 0.05) is 17.1 Å². The predicted octanol–water partition coefficient (Wildman–Crippen LogP) is 1.69. The van der Waals surface area contributed by atoms with E-state index in [1.54, 1.807) is 0 Å². The molecule has 0 atom stereocenters. The van der Waals surface area contributed by atoms with E-state index in [2.05, 4.69) is 0 Å². The molecule has 0 aliphatic heterocycles. The Morgan fingerprint density at radius 1 is 1.00 bits per heavy atom. The molecule has 0 nitrogen and oxygen atoms in total.